The molecule has 0 radical (unpaired) electrons. The van der Waals surface area contributed by atoms with Crippen LogP contribution in [0.25, 0.3) is 43.7 Å². The number of para-hydroxylation sites is 2. The monoisotopic (exact) mass is 2000 g/mol. The van der Waals surface area contributed by atoms with Gasteiger partial charge in [-0.15, -0.1) is 0 Å². The second-order valence-corrected chi connectivity index (χ2v) is 44.6. The largest absolute Gasteiger partial charge is 0.508 e. The number of rotatable bonds is 22. The number of amidine groups is 2. The number of azide groups is 1. The molecule has 0 atom stereocenters. The topological polar surface area (TPSA) is 367 Å². The number of nitrogens with one attached hydrogen (secondary N) is 5. The van der Waals surface area contributed by atoms with Crippen molar-refractivity contribution < 1.29 is 58.0 Å². The van der Waals surface area contributed by atoms with Crippen molar-refractivity contribution in [3.63, 3.8) is 0 Å². The summed E-state index contributed by atoms with van der Waals surface area (Å²) in [6, 6.07) is 60.5. The number of aromatic nitrogens is 1. The SMILES string of the molecule is CC(C)(C)c1ccc2c(c1)C(=O)OC21c2ccc(O)cc2Oc2cc(O)ccc21.CC(C)CCCC(=O)Nc1ccc(O)c(-c2c(-c3ccc(C(=N)N)cc3)[nH]c3cc(C(=N)N)ccc23)c1.C[N+]1=C(/C=C/C=C/C=C2\N(CCCCCC(C)(C)C)c3ccccc3C2(C)C)C(C)(C)c2ccccc21.[N-]=[N+]=NCCCNC(=O)c1ccc2c(c1)C1(OC2=O)c2cc3c4c(c2Oc2c1cc1c5c2CCCN5CCC1)CCCN4CCC3. The molecule has 25 nitrogen and oxygen atoms in total. The first-order valence-electron chi connectivity index (χ1n) is 52.5. The van der Waals surface area contributed by atoms with Gasteiger partial charge < -0.3 is 76.1 Å². The number of aryl methyl sites for hydroxylation is 2. The van der Waals surface area contributed by atoms with Crippen LogP contribution in [0.1, 0.15) is 275 Å². The summed E-state index contributed by atoms with van der Waals surface area (Å²) in [5.74, 6) is 1.93. The molecule has 10 aliphatic rings. The fourth-order valence-electron chi connectivity index (χ4n) is 23.7. The van der Waals surface area contributed by atoms with Crippen LogP contribution in [0, 0.1) is 22.2 Å². The van der Waals surface area contributed by atoms with Crippen LogP contribution >= 0.6 is 0 Å². The van der Waals surface area contributed by atoms with E-state index < -0.39 is 17.2 Å². The van der Waals surface area contributed by atoms with Crippen molar-refractivity contribution in [1.29, 1.82) is 10.8 Å². The Morgan fingerprint density at radius 1 is 0.591 bits per heavy atom. The molecule has 22 rings (SSSR count). The number of hydrogen-bond donors (Lipinski definition) is 10. The van der Waals surface area contributed by atoms with Crippen LogP contribution in [0.15, 0.2) is 235 Å². The maximum Gasteiger partial charge on any atom is 0.340 e. The zero-order valence-electron chi connectivity index (χ0n) is 87.6. The van der Waals surface area contributed by atoms with Crippen LogP contribution in [0.4, 0.5) is 28.4 Å². The highest BCUT2D eigenvalue weighted by Gasteiger charge is 2.58. The Bertz CT molecular complexity index is 7440. The molecule has 0 saturated heterocycles. The highest BCUT2D eigenvalue weighted by Crippen LogP contribution is 2.64. The molecule has 0 unspecified atom stereocenters. The quantitative estimate of drug-likeness (QED) is 0.00288. The molecule has 11 aromatic carbocycles. The minimum atomic E-state index is -1.22. The van der Waals surface area contributed by atoms with Crippen molar-refractivity contribution in [3.8, 4) is 62.6 Å². The summed E-state index contributed by atoms with van der Waals surface area (Å²) in [4.78, 5) is 66.7. The summed E-state index contributed by atoms with van der Waals surface area (Å²) < 4.78 is 28.2. The number of ether oxygens (including phenoxy) is 4. The molecule has 1 aromatic heterocycles. The van der Waals surface area contributed by atoms with Gasteiger partial charge in [0.25, 0.3) is 5.91 Å². The van der Waals surface area contributed by atoms with Gasteiger partial charge in [-0.2, -0.15) is 4.58 Å². The van der Waals surface area contributed by atoms with E-state index in [-0.39, 0.29) is 62.9 Å². The number of nitrogens with two attached hydrogens (primary N) is 2. The molecule has 0 aliphatic carbocycles. The molecule has 12 N–H and O–H groups in total. The second-order valence-electron chi connectivity index (χ2n) is 44.6. The molecule has 10 aliphatic heterocycles. The van der Waals surface area contributed by atoms with Crippen LogP contribution in [0.3, 0.4) is 0 Å². The number of H-pyrrole nitrogens is 1. The predicted molar refractivity (Wildman–Crippen MR) is 592 cm³/mol. The number of phenolic OH excluding ortho intramolecular Hbond substituents is 3. The van der Waals surface area contributed by atoms with Crippen LogP contribution in [0.5, 0.6) is 40.2 Å². The number of fused-ring (bicyclic) bond motifs is 17. The number of phenols is 3. The normalized spacial score (nSPS) is 16.6. The molecule has 766 valence electrons. The number of nitrogens with zero attached hydrogens (tertiary/aromatic N) is 7. The molecule has 0 saturated carbocycles. The Balaban J connectivity index is 0.000000126. The van der Waals surface area contributed by atoms with Gasteiger partial charge in [-0.05, 0) is 238 Å². The summed E-state index contributed by atoms with van der Waals surface area (Å²) >= 11 is 0. The molecule has 25 heteroatoms. The number of benzene rings is 11. The number of esters is 2. The van der Waals surface area contributed by atoms with Crippen molar-refractivity contribution >= 4 is 80.5 Å². The number of amides is 2. The Morgan fingerprint density at radius 2 is 1.19 bits per heavy atom. The number of aromatic hydroxyl groups is 3. The maximum atomic E-state index is 13.9. The fourth-order valence-corrected chi connectivity index (χ4v) is 23.7. The third kappa shape index (κ3) is 19.4. The van der Waals surface area contributed by atoms with Gasteiger partial charge in [0.15, 0.2) is 16.9 Å². The molecule has 0 bridgehead atoms. The highest BCUT2D eigenvalue weighted by molar-refractivity contribution is 6.10. The summed E-state index contributed by atoms with van der Waals surface area (Å²) in [6.45, 7) is 32.9. The van der Waals surface area contributed by atoms with Gasteiger partial charge in [-0.1, -0.05) is 197 Å². The van der Waals surface area contributed by atoms with Gasteiger partial charge in [0, 0.05) is 204 Å². The van der Waals surface area contributed by atoms with Crippen molar-refractivity contribution in [1.82, 2.24) is 10.3 Å². The minimum Gasteiger partial charge on any atom is -0.508 e. The average Bonchev–Trinajstić information content (AvgIpc) is 1.62. The van der Waals surface area contributed by atoms with Crippen LogP contribution in [-0.2, 0) is 67.4 Å². The first-order chi connectivity index (χ1) is 71.4. The van der Waals surface area contributed by atoms with Crippen molar-refractivity contribution in [3.05, 3.63) is 341 Å². The van der Waals surface area contributed by atoms with Gasteiger partial charge in [0.05, 0.1) is 22.2 Å². The molecular formula is C124H135N14O11+. The maximum absolute atomic E-state index is 13.9. The number of aromatic amines is 1. The van der Waals surface area contributed by atoms with E-state index in [1.807, 2.05) is 42.5 Å². The van der Waals surface area contributed by atoms with Crippen molar-refractivity contribution in [2.45, 2.75) is 213 Å². The van der Waals surface area contributed by atoms with E-state index in [2.05, 4.69) is 226 Å². The standard InChI is InChI=1S/C36H36N6O4.C35H47N2.C29H32N6O2.C24H20O5/c37-40-39-13-5-12-38-34(43)23-10-11-24-27(20-23)36(46-35(24)44)28-18-21-6-1-14-41-16-3-8-25(30(21)41)32(28)45-33-26-9-4-17-42-15-2-7-22(31(26)42)19-29(33)36;1-33(2,3)25-17-10-18-26-37-30-22-16-14-20-28(30)35(6,7)32(37)24-12-9-11-23-31-34(4,5)27-19-13-15-21-29(27)36(31)8;1-16(2)4-3-5-25(37)34-20-11-13-24(36)22(15-20)26-21-12-10-19(29(32)33)14-23(21)35-27(26)17-6-8-18(9-7-17)28(30)31;1-23(2,3)13-4-7-17-16(10-13)22(27)29-24(17)18-8-5-14(25)11-20(18)28-21-12-15(26)6-9-19(21)24/h10-11,18-20H,1-9,12-17H2,(H,38,43);9,11-16,19-24H,10,17-18,25-26H2,1-8H3;6-16,35-36H,3-5H2,1-2H3,(H3,30,31)(H3,32,33)(H,34,37);4-12,25-26H,1-3H3/q;+1;;. The highest BCUT2D eigenvalue weighted by atomic mass is 16.6. The lowest BCUT2D eigenvalue weighted by Gasteiger charge is -2.45. The van der Waals surface area contributed by atoms with E-state index in [1.165, 1.54) is 105 Å². The fraction of sp³-hybridized carbons (Fsp3) is 0.347. The summed E-state index contributed by atoms with van der Waals surface area (Å²) in [6.07, 6.45) is 27.2. The molecule has 12 aromatic rings. The van der Waals surface area contributed by atoms with Gasteiger partial charge in [-0.3, -0.25) is 20.4 Å². The molecule has 2 amide bonds. The van der Waals surface area contributed by atoms with E-state index >= 15 is 0 Å². The van der Waals surface area contributed by atoms with Gasteiger partial charge in [-0.25, -0.2) is 9.59 Å². The first-order valence-corrected chi connectivity index (χ1v) is 52.5. The minimum absolute atomic E-state index is 0.000112. The number of carbonyl (C=O) groups is 4. The van der Waals surface area contributed by atoms with E-state index in [0.29, 0.717) is 105 Å². The smallest absolute Gasteiger partial charge is 0.340 e. The van der Waals surface area contributed by atoms with E-state index in [0.717, 1.165) is 158 Å². The van der Waals surface area contributed by atoms with Crippen molar-refractivity contribution in [2.24, 2.45) is 27.9 Å². The van der Waals surface area contributed by atoms with Crippen LogP contribution in [0.2, 0.25) is 0 Å². The van der Waals surface area contributed by atoms with E-state index in [1.54, 1.807) is 78.9 Å². The Morgan fingerprint density at radius 3 is 1.82 bits per heavy atom. The molecule has 0 fully saturated rings. The third-order valence-electron chi connectivity index (χ3n) is 31.1. The summed E-state index contributed by atoms with van der Waals surface area (Å²) in [5.41, 5.74) is 46.0. The Hall–Kier alpha value is -15.6. The number of anilines is 4. The summed E-state index contributed by atoms with van der Waals surface area (Å²) in [7, 11) is 2.18. The van der Waals surface area contributed by atoms with Crippen LogP contribution < -0.4 is 46.3 Å². The number of unbranched alkanes of at least 4 members (excludes halogenated alkanes) is 2. The lowest BCUT2D eigenvalue weighted by Crippen LogP contribution is -2.40. The van der Waals surface area contributed by atoms with Gasteiger partial charge in [0.1, 0.15) is 59.0 Å². The lowest BCUT2D eigenvalue weighted by molar-refractivity contribution is -0.401. The van der Waals surface area contributed by atoms with Gasteiger partial charge >= 0.3 is 11.9 Å². The number of nitrogen functional groups attached to an aromatic ring is 2. The molecule has 149 heavy (non-hydrogen) atoms. The number of hydrogen-bond acceptors (Lipinski definition) is 17. The zero-order chi connectivity index (χ0) is 105. The lowest BCUT2D eigenvalue weighted by atomic mass is 9.72. The molecule has 11 heterocycles. The first kappa shape index (κ1) is 102. The predicted octanol–water partition coefficient (Wildman–Crippen LogP) is 25.7. The molecular weight excluding hydrogens is 1860 g/mol. The number of allylic oxidation sites excluding steroid dienone is 6. The Kier molecular flexibility index (Phi) is 28.0. The summed E-state index contributed by atoms with van der Waals surface area (Å²) in [5, 5.41) is 56.6. The average molecular weight is 2000 g/mol. The zero-order valence-corrected chi connectivity index (χ0v) is 87.6. The second kappa shape index (κ2) is 40.9. The van der Waals surface area contributed by atoms with Gasteiger partial charge in [0.2, 0.25) is 11.6 Å². The number of carbonyl (C=O) groups excluding carboxylic acids is 4. The Labute approximate surface area is 871 Å². The van der Waals surface area contributed by atoms with E-state index in [9.17, 15) is 34.5 Å². The van der Waals surface area contributed by atoms with Crippen molar-refractivity contribution in [2.75, 3.05) is 72.9 Å². The van der Waals surface area contributed by atoms with E-state index in [4.69, 9.17) is 46.8 Å². The third-order valence-corrected chi connectivity index (χ3v) is 31.1. The molecule has 2 spiro atoms. The van der Waals surface area contributed by atoms with Crippen LogP contribution in [-0.4, -0.2) is 119 Å².